The first kappa shape index (κ1) is 11.0. The van der Waals surface area contributed by atoms with E-state index in [1.807, 2.05) is 18.2 Å². The lowest BCUT2D eigenvalue weighted by atomic mass is 10.3. The van der Waals surface area contributed by atoms with Gasteiger partial charge < -0.3 is 4.89 Å². The van der Waals surface area contributed by atoms with Gasteiger partial charge in [-0.2, -0.15) is 10.9 Å². The summed E-state index contributed by atoms with van der Waals surface area (Å²) in [6.07, 6.45) is 0. The van der Waals surface area contributed by atoms with Crippen LogP contribution in [-0.2, 0) is 10.9 Å². The van der Waals surface area contributed by atoms with Crippen molar-refractivity contribution in [2.45, 2.75) is 30.8 Å². The zero-order valence-electron chi connectivity index (χ0n) is 8.28. The van der Waals surface area contributed by atoms with E-state index in [0.717, 1.165) is 10.9 Å². The summed E-state index contributed by atoms with van der Waals surface area (Å²) in [7, 11) is 1.10. The second-order valence-electron chi connectivity index (χ2n) is 4.02. The number of benzene rings is 1. The van der Waals surface area contributed by atoms with Gasteiger partial charge in [0.25, 0.3) is 0 Å². The Kier molecular flexibility index (Phi) is 3.78. The van der Waals surface area contributed by atoms with Gasteiger partial charge in [0.05, 0.1) is 0 Å². The molecule has 1 aromatic carbocycles. The Morgan fingerprint density at radius 3 is 2.15 bits per heavy atom. The molecule has 74 valence electrons. The first-order valence-corrected chi connectivity index (χ1v) is 7.51. The van der Waals surface area contributed by atoms with E-state index in [4.69, 9.17) is 0 Å². The summed E-state index contributed by atoms with van der Waals surface area (Å²) in [4.78, 5) is 11.1. The summed E-state index contributed by atoms with van der Waals surface area (Å²) in [5.41, 5.74) is 0. The van der Waals surface area contributed by atoms with Crippen molar-refractivity contribution >= 4 is 17.9 Å². The van der Waals surface area contributed by atoms with Gasteiger partial charge in [-0.25, -0.2) is 0 Å². The largest absolute Gasteiger partial charge is 0.373 e. The van der Waals surface area contributed by atoms with Crippen LogP contribution in [0, 0.1) is 0 Å². The van der Waals surface area contributed by atoms with E-state index in [2.05, 4.69) is 32.9 Å². The quantitative estimate of drug-likeness (QED) is 0.546. The highest BCUT2D eigenvalue weighted by Crippen LogP contribution is 2.37. The van der Waals surface area contributed by atoms with Gasteiger partial charge in [0.15, 0.2) is 0 Å². The van der Waals surface area contributed by atoms with Crippen LogP contribution in [0.15, 0.2) is 35.2 Å². The molecule has 1 rings (SSSR count). The van der Waals surface area contributed by atoms with Crippen molar-refractivity contribution in [1.82, 2.24) is 0 Å². The average Bonchev–Trinajstić information content (AvgIpc) is 2.04. The molecule has 0 heterocycles. The lowest BCUT2D eigenvalue weighted by molar-refractivity contribution is 0.599. The van der Waals surface area contributed by atoms with Gasteiger partial charge >= 0.3 is 0 Å². The van der Waals surface area contributed by atoms with E-state index in [1.54, 1.807) is 0 Å². The van der Waals surface area contributed by atoms with Gasteiger partial charge in [-0.1, -0.05) is 39.0 Å². The molecule has 0 fully saturated rings. The lowest BCUT2D eigenvalue weighted by Gasteiger charge is -2.18. The van der Waals surface area contributed by atoms with E-state index in [1.165, 1.54) is 4.90 Å². The van der Waals surface area contributed by atoms with Crippen molar-refractivity contribution in [3.63, 3.8) is 0 Å². The second kappa shape index (κ2) is 4.45. The minimum absolute atomic E-state index is 0.0576. The first-order valence-electron chi connectivity index (χ1n) is 4.33. The molecule has 1 unspecified atom stereocenters. The van der Waals surface area contributed by atoms with Gasteiger partial charge in [-0.3, -0.25) is 0 Å². The lowest BCUT2D eigenvalue weighted by Crippen LogP contribution is -2.06. The van der Waals surface area contributed by atoms with Crippen molar-refractivity contribution in [1.29, 1.82) is 0 Å². The van der Waals surface area contributed by atoms with Gasteiger partial charge in [0, 0.05) is 17.0 Å². The van der Waals surface area contributed by atoms with Crippen molar-refractivity contribution in [3.8, 4) is 0 Å². The monoisotopic (exact) mass is 216 g/mol. The maximum absolute atomic E-state index is 9.93. The van der Waals surface area contributed by atoms with Crippen LogP contribution in [0.1, 0.15) is 20.8 Å². The second-order valence-corrected chi connectivity index (χ2v) is 8.85. The van der Waals surface area contributed by atoms with Crippen LogP contribution in [0.3, 0.4) is 0 Å². The van der Waals surface area contributed by atoms with E-state index in [9.17, 15) is 4.89 Å². The summed E-state index contributed by atoms with van der Waals surface area (Å²) in [5, 5.41) is 0.0576. The van der Waals surface area contributed by atoms with E-state index >= 15 is 0 Å². The minimum Gasteiger partial charge on any atom is -0.373 e. The molecular weight excluding hydrogens is 199 g/mol. The van der Waals surface area contributed by atoms with Crippen molar-refractivity contribution in [2.75, 3.05) is 0 Å². The first-order chi connectivity index (χ1) is 6.00. The van der Waals surface area contributed by atoms with Crippen molar-refractivity contribution < 1.29 is 4.89 Å². The number of thiol groups is 1. The minimum atomic E-state index is -1.29. The molecular formula is C10H17OPS. The molecule has 0 spiro atoms. The number of rotatable bonds is 1. The van der Waals surface area contributed by atoms with Crippen LogP contribution in [0.5, 0.6) is 0 Å². The zero-order valence-corrected chi connectivity index (χ0v) is 10.2. The van der Waals surface area contributed by atoms with Crippen molar-refractivity contribution in [2.24, 2.45) is 0 Å². The fourth-order valence-electron chi connectivity index (χ4n) is 0.793. The fraction of sp³-hybridized carbons (Fsp3) is 0.400. The van der Waals surface area contributed by atoms with Crippen LogP contribution >= 0.6 is 6.92 Å². The smallest absolute Gasteiger partial charge is 0.0208 e. The predicted molar refractivity (Wildman–Crippen MR) is 63.8 cm³/mol. The Labute approximate surface area is 84.3 Å². The molecule has 0 radical (unpaired) electrons. The normalized spacial score (nSPS) is 15.1. The SMILES string of the molecule is CC(C)(C)[PH](O)=[SH]c1ccccc1. The third kappa shape index (κ3) is 3.68. The Morgan fingerprint density at radius 2 is 1.69 bits per heavy atom. The van der Waals surface area contributed by atoms with Gasteiger partial charge in [-0.05, 0) is 12.1 Å². The topological polar surface area (TPSA) is 20.2 Å². The Morgan fingerprint density at radius 1 is 1.15 bits per heavy atom. The average molecular weight is 216 g/mol. The standard InChI is InChI=1S/C10H17OPS/c1-10(2,3)12(11)13-9-7-5-4-6-8-9/h4-8,11-13H,1-3H3. The van der Waals surface area contributed by atoms with E-state index < -0.39 is 6.92 Å². The highest BCUT2D eigenvalue weighted by atomic mass is 32.5. The maximum atomic E-state index is 9.93. The molecule has 1 N–H and O–H groups in total. The molecule has 0 aromatic heterocycles. The highest BCUT2D eigenvalue weighted by Gasteiger charge is 2.12. The molecule has 0 saturated heterocycles. The Hall–Kier alpha value is -0.0400. The fourth-order valence-corrected chi connectivity index (χ4v) is 3.88. The Bertz CT molecular complexity index is 300. The van der Waals surface area contributed by atoms with Gasteiger partial charge in [-0.15, -0.1) is 0 Å². The summed E-state index contributed by atoms with van der Waals surface area (Å²) in [5.74, 6) is 0. The summed E-state index contributed by atoms with van der Waals surface area (Å²) in [6, 6.07) is 10.2. The zero-order chi connectivity index (χ0) is 9.90. The summed E-state index contributed by atoms with van der Waals surface area (Å²) in [6.45, 7) is 5.00. The molecule has 0 saturated carbocycles. The molecule has 1 nitrogen and oxygen atoms in total. The molecule has 1 aromatic rings. The highest BCUT2D eigenvalue weighted by molar-refractivity contribution is 8.13. The molecule has 0 aliphatic heterocycles. The number of hydrogen-bond acceptors (Lipinski definition) is 0. The van der Waals surface area contributed by atoms with Crippen molar-refractivity contribution in [3.05, 3.63) is 30.3 Å². The van der Waals surface area contributed by atoms with E-state index in [-0.39, 0.29) is 5.16 Å². The molecule has 13 heavy (non-hydrogen) atoms. The van der Waals surface area contributed by atoms with Gasteiger partial charge in [0.2, 0.25) is 0 Å². The molecule has 0 amide bonds. The number of hydrogen-bond donors (Lipinski definition) is 2. The van der Waals surface area contributed by atoms with Crippen LogP contribution in [0.25, 0.3) is 0 Å². The molecule has 1 atom stereocenters. The third-order valence-corrected chi connectivity index (χ3v) is 7.19. The Balaban J connectivity index is 2.90. The van der Waals surface area contributed by atoms with Crippen LogP contribution in [-0.4, -0.2) is 10.0 Å². The van der Waals surface area contributed by atoms with E-state index in [0.29, 0.717) is 0 Å². The summed E-state index contributed by atoms with van der Waals surface area (Å²) < 4.78 is 0. The molecule has 3 heteroatoms. The van der Waals surface area contributed by atoms with Crippen LogP contribution < -0.4 is 0 Å². The van der Waals surface area contributed by atoms with Crippen LogP contribution in [0.2, 0.25) is 0 Å². The third-order valence-electron chi connectivity index (χ3n) is 1.66. The molecule has 0 bridgehead atoms. The molecule has 0 aliphatic carbocycles. The van der Waals surface area contributed by atoms with Crippen LogP contribution in [0.4, 0.5) is 0 Å². The van der Waals surface area contributed by atoms with Gasteiger partial charge in [0.1, 0.15) is 0 Å². The predicted octanol–water partition coefficient (Wildman–Crippen LogP) is 2.70. The summed E-state index contributed by atoms with van der Waals surface area (Å²) >= 11 is 0. The maximum Gasteiger partial charge on any atom is 0.0208 e. The molecule has 0 aliphatic rings.